The minimum absolute atomic E-state index is 0.0915. The standard InChI is InChI=1S/C22H26F3N5O2S/c1-13(2)19-20-28-15-10-14(21(31)32-4)17(33-5)11-16(15)30(20)9-8-29(19)12-27-7-6-18(26-3)22(23,24)25/h6-7,10-11,13,19H,3,8-9,12H2,1-2,4-5H3/b18-6-,27-7-. The Kier molecular flexibility index (Phi) is 7.63. The first-order chi connectivity index (χ1) is 15.6. The second kappa shape index (κ2) is 10.1. The Balaban J connectivity index is 1.94. The predicted octanol–water partition coefficient (Wildman–Crippen LogP) is 4.73. The molecule has 11 heteroatoms. The zero-order valence-electron chi connectivity index (χ0n) is 18.9. The van der Waals surface area contributed by atoms with E-state index in [1.165, 1.54) is 18.9 Å². The Morgan fingerprint density at radius 2 is 2.12 bits per heavy atom. The number of imidazole rings is 1. The normalized spacial score (nSPS) is 17.7. The van der Waals surface area contributed by atoms with Crippen LogP contribution in [0.1, 0.15) is 36.1 Å². The van der Waals surface area contributed by atoms with Crippen molar-refractivity contribution in [1.82, 2.24) is 14.5 Å². The van der Waals surface area contributed by atoms with Gasteiger partial charge in [0.25, 0.3) is 0 Å². The molecule has 0 bridgehead atoms. The highest BCUT2D eigenvalue weighted by Gasteiger charge is 2.34. The van der Waals surface area contributed by atoms with Crippen LogP contribution in [0.2, 0.25) is 0 Å². The molecule has 0 saturated heterocycles. The molecule has 33 heavy (non-hydrogen) atoms. The van der Waals surface area contributed by atoms with Crippen LogP contribution in [0.5, 0.6) is 0 Å². The van der Waals surface area contributed by atoms with Gasteiger partial charge in [-0.1, -0.05) is 13.8 Å². The van der Waals surface area contributed by atoms with Crippen LogP contribution in [0.4, 0.5) is 13.2 Å². The van der Waals surface area contributed by atoms with Crippen molar-refractivity contribution in [2.45, 2.75) is 37.5 Å². The third-order valence-electron chi connectivity index (χ3n) is 5.47. The van der Waals surface area contributed by atoms with Gasteiger partial charge in [-0.2, -0.15) is 13.2 Å². The lowest BCUT2D eigenvalue weighted by molar-refractivity contribution is -0.0920. The number of hydrogen-bond acceptors (Lipinski definition) is 7. The van der Waals surface area contributed by atoms with E-state index >= 15 is 0 Å². The van der Waals surface area contributed by atoms with E-state index in [1.807, 2.05) is 12.3 Å². The summed E-state index contributed by atoms with van der Waals surface area (Å²) in [5, 5.41) is 0. The Hall–Kier alpha value is -2.66. The third kappa shape index (κ3) is 5.14. The van der Waals surface area contributed by atoms with E-state index in [2.05, 4.69) is 40.0 Å². The predicted molar refractivity (Wildman–Crippen MR) is 124 cm³/mol. The number of rotatable bonds is 7. The van der Waals surface area contributed by atoms with Gasteiger partial charge in [-0.15, -0.1) is 11.8 Å². The van der Waals surface area contributed by atoms with E-state index in [0.29, 0.717) is 24.2 Å². The molecule has 7 nitrogen and oxygen atoms in total. The summed E-state index contributed by atoms with van der Waals surface area (Å²) in [6.45, 7) is 8.60. The summed E-state index contributed by atoms with van der Waals surface area (Å²) >= 11 is 1.47. The topological polar surface area (TPSA) is 72.1 Å². The summed E-state index contributed by atoms with van der Waals surface area (Å²) in [6, 6.07) is 3.62. The van der Waals surface area contributed by atoms with Crippen molar-refractivity contribution in [2.75, 3.05) is 26.6 Å². The Morgan fingerprint density at radius 3 is 2.70 bits per heavy atom. The number of hydrogen-bond donors (Lipinski definition) is 0. The second-order valence-electron chi connectivity index (χ2n) is 7.84. The molecule has 1 atom stereocenters. The van der Waals surface area contributed by atoms with E-state index in [4.69, 9.17) is 9.72 Å². The lowest BCUT2D eigenvalue weighted by atomic mass is 10.0. The van der Waals surface area contributed by atoms with Gasteiger partial charge in [0.15, 0.2) is 0 Å². The number of carbonyl (C=O) groups excluding carboxylic acids is 1. The van der Waals surface area contributed by atoms with Crippen LogP contribution in [0.3, 0.4) is 0 Å². The zero-order valence-corrected chi connectivity index (χ0v) is 19.7. The van der Waals surface area contributed by atoms with Gasteiger partial charge in [-0.25, -0.2) is 9.78 Å². The molecule has 0 spiro atoms. The highest BCUT2D eigenvalue weighted by molar-refractivity contribution is 7.98. The van der Waals surface area contributed by atoms with Crippen LogP contribution >= 0.6 is 11.8 Å². The Bertz CT molecular complexity index is 1110. The van der Waals surface area contributed by atoms with Crippen molar-refractivity contribution in [3.05, 3.63) is 35.3 Å². The van der Waals surface area contributed by atoms with Crippen molar-refractivity contribution >= 4 is 41.7 Å². The molecule has 1 aliphatic rings. The van der Waals surface area contributed by atoms with E-state index in [1.54, 1.807) is 6.07 Å². The number of ether oxygens (including phenoxy) is 1. The summed E-state index contributed by atoms with van der Waals surface area (Å²) in [4.78, 5) is 27.1. The number of esters is 1. The number of allylic oxidation sites excluding steroid dienone is 2. The van der Waals surface area contributed by atoms with Crippen molar-refractivity contribution in [3.63, 3.8) is 0 Å². The minimum atomic E-state index is -4.57. The molecular weight excluding hydrogens is 455 g/mol. The first kappa shape index (κ1) is 25.0. The lowest BCUT2D eigenvalue weighted by Gasteiger charge is -2.37. The fourth-order valence-corrected chi connectivity index (χ4v) is 4.58. The van der Waals surface area contributed by atoms with E-state index in [-0.39, 0.29) is 18.6 Å². The summed E-state index contributed by atoms with van der Waals surface area (Å²) in [5.41, 5.74) is 1.02. The van der Waals surface area contributed by atoms with E-state index < -0.39 is 17.8 Å². The number of nitrogens with zero attached hydrogens (tertiary/aromatic N) is 5. The molecule has 0 aliphatic carbocycles. The molecule has 0 radical (unpaired) electrons. The van der Waals surface area contributed by atoms with Crippen molar-refractivity contribution < 1.29 is 22.7 Å². The number of alkyl halides is 3. The number of aromatic nitrogens is 2. The molecular formula is C22H26F3N5O2S. The van der Waals surface area contributed by atoms with Gasteiger partial charge >= 0.3 is 12.1 Å². The van der Waals surface area contributed by atoms with Gasteiger partial charge in [0.2, 0.25) is 0 Å². The SMILES string of the molecule is C=N/C(=C\C=N/CN1CCn2c(nc3cc(C(=O)OC)c(SC)cc32)C1C(C)C)C(F)(F)F. The molecule has 2 aromatic rings. The quantitative estimate of drug-likeness (QED) is 0.325. The number of thioether (sulfide) groups is 1. The third-order valence-corrected chi connectivity index (χ3v) is 6.24. The molecule has 1 aromatic heterocycles. The fraction of sp³-hybridized carbons (Fsp3) is 0.455. The van der Waals surface area contributed by atoms with Gasteiger partial charge in [0.1, 0.15) is 11.5 Å². The molecule has 0 amide bonds. The average molecular weight is 482 g/mol. The van der Waals surface area contributed by atoms with Gasteiger partial charge in [0.05, 0.1) is 36.4 Å². The summed E-state index contributed by atoms with van der Waals surface area (Å²) in [6.07, 6.45) is -0.740. The average Bonchev–Trinajstić information content (AvgIpc) is 3.13. The molecule has 178 valence electrons. The van der Waals surface area contributed by atoms with Gasteiger partial charge in [0, 0.05) is 24.2 Å². The first-order valence-electron chi connectivity index (χ1n) is 10.3. The van der Waals surface area contributed by atoms with Crippen molar-refractivity contribution in [3.8, 4) is 0 Å². The molecule has 0 saturated carbocycles. The Labute approximate surface area is 194 Å². The maximum absolute atomic E-state index is 12.8. The number of aliphatic imine (C=N–C) groups is 2. The van der Waals surface area contributed by atoms with Crippen LogP contribution < -0.4 is 0 Å². The molecule has 3 rings (SSSR count). The van der Waals surface area contributed by atoms with Crippen molar-refractivity contribution in [2.24, 2.45) is 15.9 Å². The summed E-state index contributed by atoms with van der Waals surface area (Å²) in [7, 11) is 1.35. The number of fused-ring (bicyclic) bond motifs is 3. The smallest absolute Gasteiger partial charge is 0.433 e. The molecule has 1 aliphatic heterocycles. The first-order valence-corrected chi connectivity index (χ1v) is 11.5. The van der Waals surface area contributed by atoms with E-state index in [9.17, 15) is 18.0 Å². The summed E-state index contributed by atoms with van der Waals surface area (Å²) < 4.78 is 45.4. The Morgan fingerprint density at radius 1 is 1.39 bits per heavy atom. The number of methoxy groups -OCH3 is 1. The molecule has 2 heterocycles. The molecule has 1 unspecified atom stereocenters. The van der Waals surface area contributed by atoms with Crippen LogP contribution in [-0.4, -0.2) is 66.1 Å². The molecule has 0 N–H and O–H groups in total. The number of carbonyl (C=O) groups is 1. The number of halogens is 3. The highest BCUT2D eigenvalue weighted by atomic mass is 32.2. The van der Waals surface area contributed by atoms with Gasteiger partial charge in [-0.3, -0.25) is 14.9 Å². The highest BCUT2D eigenvalue weighted by Crippen LogP contribution is 2.36. The molecule has 1 aromatic carbocycles. The maximum atomic E-state index is 12.8. The van der Waals surface area contributed by atoms with Gasteiger partial charge in [-0.05, 0) is 37.1 Å². The second-order valence-corrected chi connectivity index (χ2v) is 8.68. The van der Waals surface area contributed by atoms with Crippen LogP contribution in [-0.2, 0) is 11.3 Å². The van der Waals surface area contributed by atoms with E-state index in [0.717, 1.165) is 28.5 Å². The van der Waals surface area contributed by atoms with Crippen molar-refractivity contribution in [1.29, 1.82) is 0 Å². The monoisotopic (exact) mass is 481 g/mol. The van der Waals surface area contributed by atoms with Crippen LogP contribution in [0.25, 0.3) is 11.0 Å². The maximum Gasteiger partial charge on any atom is 0.433 e. The minimum Gasteiger partial charge on any atom is -0.465 e. The lowest BCUT2D eigenvalue weighted by Crippen LogP contribution is -2.40. The largest absolute Gasteiger partial charge is 0.465 e. The number of benzene rings is 1. The summed E-state index contributed by atoms with van der Waals surface area (Å²) in [5.74, 6) is 0.603. The van der Waals surface area contributed by atoms with Crippen LogP contribution in [0.15, 0.2) is 38.8 Å². The molecule has 0 fully saturated rings. The zero-order chi connectivity index (χ0) is 24.3. The van der Waals surface area contributed by atoms with Crippen LogP contribution in [0, 0.1) is 5.92 Å². The fourth-order valence-electron chi connectivity index (χ4n) is 3.99. The van der Waals surface area contributed by atoms with Gasteiger partial charge < -0.3 is 9.30 Å².